The first kappa shape index (κ1) is 16.6. The molecule has 1 aliphatic heterocycles. The summed E-state index contributed by atoms with van der Waals surface area (Å²) in [7, 11) is 0. The minimum absolute atomic E-state index is 0.172. The van der Waals surface area contributed by atoms with E-state index in [0.29, 0.717) is 49.5 Å². The van der Waals surface area contributed by atoms with Crippen LogP contribution in [0.1, 0.15) is 5.89 Å². The summed E-state index contributed by atoms with van der Waals surface area (Å²) in [5, 5.41) is 12.4. The number of aromatic nitrogens is 4. The Bertz CT molecular complexity index is 963. The zero-order valence-corrected chi connectivity index (χ0v) is 14.9. The van der Waals surface area contributed by atoms with Gasteiger partial charge in [-0.25, -0.2) is 0 Å². The third kappa shape index (κ3) is 3.03. The number of para-hydroxylation sites is 1. The smallest absolute Gasteiger partial charge is 0.318 e. The summed E-state index contributed by atoms with van der Waals surface area (Å²) < 4.78 is 6.77. The highest BCUT2D eigenvalue weighted by Gasteiger charge is 2.24. The highest BCUT2D eigenvalue weighted by Crippen LogP contribution is 2.24. The van der Waals surface area contributed by atoms with Gasteiger partial charge >= 0.3 is 6.01 Å². The van der Waals surface area contributed by atoms with Crippen molar-refractivity contribution in [2.75, 3.05) is 36.0 Å². The van der Waals surface area contributed by atoms with E-state index in [9.17, 15) is 4.79 Å². The minimum atomic E-state index is -0.328. The minimum Gasteiger partial charge on any atom is -0.408 e. The second-order valence-electron chi connectivity index (χ2n) is 5.97. The van der Waals surface area contributed by atoms with E-state index in [1.165, 1.54) is 4.68 Å². The molecule has 0 aliphatic carbocycles. The molecule has 0 N–H and O–H groups in total. The lowest BCUT2D eigenvalue weighted by molar-refractivity contribution is 0.492. The van der Waals surface area contributed by atoms with Crippen molar-refractivity contribution in [2.45, 2.75) is 6.92 Å². The molecular weight excluding hydrogens is 356 g/mol. The largest absolute Gasteiger partial charge is 0.408 e. The van der Waals surface area contributed by atoms with E-state index in [1.54, 1.807) is 13.1 Å². The van der Waals surface area contributed by atoms with Crippen LogP contribution in [0.25, 0.3) is 5.69 Å². The molecular formula is C17H17ClN6O2. The van der Waals surface area contributed by atoms with Gasteiger partial charge in [0.2, 0.25) is 5.89 Å². The molecule has 0 radical (unpaired) electrons. The molecule has 9 heteroatoms. The number of anilines is 2. The van der Waals surface area contributed by atoms with E-state index in [4.69, 9.17) is 16.0 Å². The Labute approximate surface area is 154 Å². The topological polar surface area (TPSA) is 80.3 Å². The summed E-state index contributed by atoms with van der Waals surface area (Å²) in [4.78, 5) is 16.7. The van der Waals surface area contributed by atoms with Crippen molar-refractivity contribution in [2.24, 2.45) is 0 Å². The molecule has 1 aliphatic rings. The quantitative estimate of drug-likeness (QED) is 0.694. The molecule has 134 valence electrons. The van der Waals surface area contributed by atoms with Crippen LogP contribution in [0, 0.1) is 6.92 Å². The lowest BCUT2D eigenvalue weighted by Gasteiger charge is -2.35. The van der Waals surface area contributed by atoms with Crippen LogP contribution in [0.4, 0.5) is 11.7 Å². The van der Waals surface area contributed by atoms with E-state index in [0.717, 1.165) is 0 Å². The van der Waals surface area contributed by atoms with Gasteiger partial charge in [0.25, 0.3) is 5.56 Å². The lowest BCUT2D eigenvalue weighted by atomic mass is 10.3. The van der Waals surface area contributed by atoms with Crippen molar-refractivity contribution in [3.8, 4) is 5.69 Å². The zero-order chi connectivity index (χ0) is 18.1. The summed E-state index contributed by atoms with van der Waals surface area (Å²) >= 11 is 6.37. The number of benzene rings is 1. The number of halogens is 1. The highest BCUT2D eigenvalue weighted by molar-refractivity contribution is 6.33. The van der Waals surface area contributed by atoms with Gasteiger partial charge in [-0.3, -0.25) is 4.79 Å². The number of aryl methyl sites for hydroxylation is 1. The SMILES string of the molecule is Cc1nnc(N2CCN(c3cnn(-c4ccccc4)c(=O)c3Cl)CC2)o1. The number of rotatable bonds is 3. The average Bonchev–Trinajstić information content (AvgIpc) is 3.11. The molecule has 1 saturated heterocycles. The Hall–Kier alpha value is -2.87. The standard InChI is InChI=1S/C17H17ClN6O2/c1-12-20-21-17(26-12)23-9-7-22(8-10-23)14-11-19-24(16(25)15(14)18)13-5-3-2-4-6-13/h2-6,11H,7-10H2,1H3. The number of nitrogens with zero attached hydrogens (tertiary/aromatic N) is 6. The lowest BCUT2D eigenvalue weighted by Crippen LogP contribution is -2.47. The van der Waals surface area contributed by atoms with Crippen LogP contribution >= 0.6 is 11.6 Å². The van der Waals surface area contributed by atoms with Crippen LogP contribution in [-0.2, 0) is 0 Å². The van der Waals surface area contributed by atoms with Gasteiger partial charge < -0.3 is 14.2 Å². The second-order valence-corrected chi connectivity index (χ2v) is 6.35. The Morgan fingerprint density at radius 2 is 1.73 bits per heavy atom. The van der Waals surface area contributed by atoms with Crippen molar-refractivity contribution >= 4 is 23.3 Å². The van der Waals surface area contributed by atoms with Crippen molar-refractivity contribution in [3.63, 3.8) is 0 Å². The third-order valence-corrected chi connectivity index (χ3v) is 4.66. The molecule has 4 rings (SSSR count). The number of hydrogen-bond donors (Lipinski definition) is 0. The summed E-state index contributed by atoms with van der Waals surface area (Å²) in [6.45, 7) is 4.51. The highest BCUT2D eigenvalue weighted by atomic mass is 35.5. The fraction of sp³-hybridized carbons (Fsp3) is 0.294. The summed E-state index contributed by atoms with van der Waals surface area (Å²) in [5.41, 5.74) is 0.998. The van der Waals surface area contributed by atoms with E-state index < -0.39 is 0 Å². The van der Waals surface area contributed by atoms with Crippen LogP contribution in [0.5, 0.6) is 0 Å². The predicted octanol–water partition coefficient (Wildman–Crippen LogP) is 1.90. The van der Waals surface area contributed by atoms with Gasteiger partial charge in [0.05, 0.1) is 17.6 Å². The Kier molecular flexibility index (Phi) is 4.34. The molecule has 1 aromatic carbocycles. The molecule has 1 fully saturated rings. The summed E-state index contributed by atoms with van der Waals surface area (Å²) in [6.07, 6.45) is 1.64. The van der Waals surface area contributed by atoms with Crippen molar-refractivity contribution in [1.82, 2.24) is 20.0 Å². The maximum atomic E-state index is 12.6. The maximum absolute atomic E-state index is 12.6. The zero-order valence-electron chi connectivity index (χ0n) is 14.2. The van der Waals surface area contributed by atoms with Gasteiger partial charge in [-0.1, -0.05) is 34.9 Å². The van der Waals surface area contributed by atoms with Crippen molar-refractivity contribution in [3.05, 3.63) is 57.8 Å². The molecule has 3 aromatic rings. The van der Waals surface area contributed by atoms with Crippen molar-refractivity contribution in [1.29, 1.82) is 0 Å². The molecule has 0 bridgehead atoms. The normalized spacial score (nSPS) is 14.7. The van der Waals surface area contributed by atoms with E-state index in [-0.39, 0.29) is 10.6 Å². The van der Waals surface area contributed by atoms with Gasteiger partial charge in [-0.05, 0) is 12.1 Å². The van der Waals surface area contributed by atoms with Gasteiger partial charge in [-0.15, -0.1) is 5.10 Å². The predicted molar refractivity (Wildman–Crippen MR) is 98.3 cm³/mol. The Morgan fingerprint density at radius 1 is 1.04 bits per heavy atom. The molecule has 0 unspecified atom stereocenters. The van der Waals surface area contributed by atoms with Crippen molar-refractivity contribution < 1.29 is 4.42 Å². The van der Waals surface area contributed by atoms with Crippen LogP contribution in [-0.4, -0.2) is 46.2 Å². The van der Waals surface area contributed by atoms with Crippen LogP contribution in [0.2, 0.25) is 5.02 Å². The molecule has 0 atom stereocenters. The Balaban J connectivity index is 1.54. The monoisotopic (exact) mass is 372 g/mol. The fourth-order valence-electron chi connectivity index (χ4n) is 2.95. The average molecular weight is 373 g/mol. The summed E-state index contributed by atoms with van der Waals surface area (Å²) in [5.74, 6) is 0.541. The van der Waals surface area contributed by atoms with E-state index >= 15 is 0 Å². The number of piperazine rings is 1. The van der Waals surface area contributed by atoms with Gasteiger partial charge in [0.15, 0.2) is 0 Å². The fourth-order valence-corrected chi connectivity index (χ4v) is 3.20. The second kappa shape index (κ2) is 6.80. The molecule has 0 spiro atoms. The molecule has 8 nitrogen and oxygen atoms in total. The Morgan fingerprint density at radius 3 is 2.38 bits per heavy atom. The van der Waals surface area contributed by atoms with Crippen LogP contribution < -0.4 is 15.4 Å². The first-order valence-electron chi connectivity index (χ1n) is 8.27. The van der Waals surface area contributed by atoms with Gasteiger partial charge in [-0.2, -0.15) is 9.78 Å². The third-order valence-electron chi connectivity index (χ3n) is 4.31. The molecule has 0 amide bonds. The van der Waals surface area contributed by atoms with Gasteiger partial charge in [0.1, 0.15) is 5.02 Å². The van der Waals surface area contributed by atoms with Gasteiger partial charge in [0, 0.05) is 33.1 Å². The van der Waals surface area contributed by atoms with Crippen LogP contribution in [0.3, 0.4) is 0 Å². The van der Waals surface area contributed by atoms with E-state index in [2.05, 4.69) is 15.3 Å². The molecule has 26 heavy (non-hydrogen) atoms. The summed E-state index contributed by atoms with van der Waals surface area (Å²) in [6, 6.07) is 9.74. The van der Waals surface area contributed by atoms with E-state index in [1.807, 2.05) is 40.1 Å². The molecule has 0 saturated carbocycles. The first-order chi connectivity index (χ1) is 12.6. The number of hydrogen-bond acceptors (Lipinski definition) is 7. The molecule has 2 aromatic heterocycles. The maximum Gasteiger partial charge on any atom is 0.318 e. The van der Waals surface area contributed by atoms with Crippen LogP contribution in [0.15, 0.2) is 45.7 Å². The first-order valence-corrected chi connectivity index (χ1v) is 8.64. The molecule has 3 heterocycles.